The number of phenolic OH excluding ortho intramolecular Hbond substituents is 1. The predicted molar refractivity (Wildman–Crippen MR) is 77.0 cm³/mol. The highest BCUT2D eigenvalue weighted by Gasteiger charge is 2.04. The zero-order valence-electron chi connectivity index (χ0n) is 10.7. The monoisotopic (exact) mass is 274 g/mol. The van der Waals surface area contributed by atoms with Gasteiger partial charge in [-0.25, -0.2) is 5.43 Å². The molecule has 0 aliphatic carbocycles. The van der Waals surface area contributed by atoms with E-state index in [1.807, 2.05) is 37.4 Å². The van der Waals surface area contributed by atoms with Gasteiger partial charge in [-0.05, 0) is 54.1 Å². The summed E-state index contributed by atoms with van der Waals surface area (Å²) in [5, 5.41) is 15.4. The van der Waals surface area contributed by atoms with Crippen LogP contribution in [0.25, 0.3) is 0 Å². The molecule has 1 aromatic carbocycles. The molecule has 1 aromatic heterocycles. The Bertz CT molecular complexity index is 595. The number of carbonyl (C=O) groups excluding carboxylic acids is 1. The summed E-state index contributed by atoms with van der Waals surface area (Å²) in [5.41, 5.74) is 4.86. The number of thiophene rings is 1. The molecule has 0 aliphatic rings. The van der Waals surface area contributed by atoms with Crippen molar-refractivity contribution >= 4 is 23.5 Å². The molecule has 0 atom stereocenters. The summed E-state index contributed by atoms with van der Waals surface area (Å²) < 4.78 is 0. The molecular formula is C14H14N2O2S. The summed E-state index contributed by atoms with van der Waals surface area (Å²) in [6, 6.07) is 7.17. The standard InChI is InChI=1S/C14H14N2O2S/c1-9-6-11(7-10(2)13(9)17)8-15-16-14(18)12-4-3-5-19-12/h3-8,17H,1-2H3,(H,16,18). The summed E-state index contributed by atoms with van der Waals surface area (Å²) in [6.07, 6.45) is 1.56. The topological polar surface area (TPSA) is 61.7 Å². The van der Waals surface area contributed by atoms with Gasteiger partial charge in [0.1, 0.15) is 5.75 Å². The van der Waals surface area contributed by atoms with Crippen LogP contribution >= 0.6 is 11.3 Å². The van der Waals surface area contributed by atoms with E-state index in [-0.39, 0.29) is 5.91 Å². The highest BCUT2D eigenvalue weighted by molar-refractivity contribution is 7.12. The van der Waals surface area contributed by atoms with Crippen molar-refractivity contribution < 1.29 is 9.90 Å². The number of amides is 1. The summed E-state index contributed by atoms with van der Waals surface area (Å²) >= 11 is 1.37. The Kier molecular flexibility index (Phi) is 3.97. The third-order valence-electron chi connectivity index (χ3n) is 2.64. The Labute approximate surface area is 115 Å². The zero-order chi connectivity index (χ0) is 13.8. The second-order valence-corrected chi connectivity index (χ2v) is 5.13. The normalized spacial score (nSPS) is 10.8. The van der Waals surface area contributed by atoms with Crippen LogP contribution in [0, 0.1) is 13.8 Å². The van der Waals surface area contributed by atoms with Crippen molar-refractivity contribution in [2.75, 3.05) is 0 Å². The highest BCUT2D eigenvalue weighted by Crippen LogP contribution is 2.21. The van der Waals surface area contributed by atoms with E-state index in [9.17, 15) is 9.90 Å². The maximum Gasteiger partial charge on any atom is 0.281 e. The molecule has 1 heterocycles. The van der Waals surface area contributed by atoms with Crippen LogP contribution in [0.2, 0.25) is 0 Å². The Morgan fingerprint density at radius 3 is 2.63 bits per heavy atom. The maximum absolute atomic E-state index is 11.6. The van der Waals surface area contributed by atoms with E-state index >= 15 is 0 Å². The van der Waals surface area contributed by atoms with Gasteiger partial charge < -0.3 is 5.11 Å². The molecule has 0 fully saturated rings. The van der Waals surface area contributed by atoms with E-state index in [0.717, 1.165) is 16.7 Å². The predicted octanol–water partition coefficient (Wildman–Crippen LogP) is 2.83. The maximum atomic E-state index is 11.6. The van der Waals surface area contributed by atoms with Crippen molar-refractivity contribution in [1.29, 1.82) is 0 Å². The first kappa shape index (κ1) is 13.3. The lowest BCUT2D eigenvalue weighted by Crippen LogP contribution is -2.16. The Balaban J connectivity index is 2.05. The first-order valence-electron chi connectivity index (χ1n) is 5.75. The zero-order valence-corrected chi connectivity index (χ0v) is 11.5. The number of nitrogens with zero attached hydrogens (tertiary/aromatic N) is 1. The van der Waals surface area contributed by atoms with Crippen molar-refractivity contribution in [3.63, 3.8) is 0 Å². The molecule has 0 bridgehead atoms. The van der Waals surface area contributed by atoms with Gasteiger partial charge in [-0.3, -0.25) is 4.79 Å². The van der Waals surface area contributed by atoms with Gasteiger partial charge in [0.25, 0.3) is 5.91 Å². The van der Waals surface area contributed by atoms with Crippen LogP contribution in [0.15, 0.2) is 34.7 Å². The van der Waals surface area contributed by atoms with E-state index in [4.69, 9.17) is 0 Å². The lowest BCUT2D eigenvalue weighted by Gasteiger charge is -2.04. The minimum absolute atomic E-state index is 0.224. The van der Waals surface area contributed by atoms with Gasteiger partial charge in [0.15, 0.2) is 0 Å². The lowest BCUT2D eigenvalue weighted by molar-refractivity contribution is 0.0959. The van der Waals surface area contributed by atoms with Crippen LogP contribution in [-0.2, 0) is 0 Å². The first-order chi connectivity index (χ1) is 9.08. The Morgan fingerprint density at radius 1 is 1.37 bits per heavy atom. The molecule has 1 amide bonds. The van der Waals surface area contributed by atoms with Crippen LogP contribution in [-0.4, -0.2) is 17.2 Å². The molecule has 2 rings (SSSR count). The van der Waals surface area contributed by atoms with Crippen LogP contribution in [0.3, 0.4) is 0 Å². The van der Waals surface area contributed by atoms with Crippen molar-refractivity contribution in [1.82, 2.24) is 5.43 Å². The largest absolute Gasteiger partial charge is 0.507 e. The minimum Gasteiger partial charge on any atom is -0.507 e. The number of hydrogen-bond donors (Lipinski definition) is 2. The number of phenols is 1. The highest BCUT2D eigenvalue weighted by atomic mass is 32.1. The Morgan fingerprint density at radius 2 is 2.05 bits per heavy atom. The number of aryl methyl sites for hydroxylation is 2. The molecule has 0 spiro atoms. The van der Waals surface area contributed by atoms with Crippen molar-refractivity contribution in [2.24, 2.45) is 5.10 Å². The second kappa shape index (κ2) is 5.67. The third kappa shape index (κ3) is 3.20. The fraction of sp³-hybridized carbons (Fsp3) is 0.143. The number of hydrazone groups is 1. The van der Waals surface area contributed by atoms with Crippen LogP contribution in [0.1, 0.15) is 26.4 Å². The van der Waals surface area contributed by atoms with Crippen LogP contribution < -0.4 is 5.43 Å². The van der Waals surface area contributed by atoms with Gasteiger partial charge in [0, 0.05) is 0 Å². The number of benzene rings is 1. The van der Waals surface area contributed by atoms with E-state index in [1.54, 1.807) is 12.3 Å². The molecule has 2 N–H and O–H groups in total. The summed E-state index contributed by atoms with van der Waals surface area (Å²) in [6.45, 7) is 3.65. The average molecular weight is 274 g/mol. The van der Waals surface area contributed by atoms with Gasteiger partial charge in [-0.15, -0.1) is 11.3 Å². The molecule has 0 saturated heterocycles. The number of nitrogens with one attached hydrogen (secondary N) is 1. The first-order valence-corrected chi connectivity index (χ1v) is 6.63. The molecule has 0 aliphatic heterocycles. The van der Waals surface area contributed by atoms with Crippen molar-refractivity contribution in [2.45, 2.75) is 13.8 Å². The summed E-state index contributed by atoms with van der Waals surface area (Å²) in [4.78, 5) is 12.3. The number of rotatable bonds is 3. The molecule has 5 heteroatoms. The fourth-order valence-corrected chi connectivity index (χ4v) is 2.31. The Hall–Kier alpha value is -2.14. The molecule has 2 aromatic rings. The lowest BCUT2D eigenvalue weighted by atomic mass is 10.1. The molecule has 19 heavy (non-hydrogen) atoms. The SMILES string of the molecule is Cc1cc(C=NNC(=O)c2cccs2)cc(C)c1O. The van der Waals surface area contributed by atoms with E-state index in [2.05, 4.69) is 10.5 Å². The van der Waals surface area contributed by atoms with E-state index < -0.39 is 0 Å². The van der Waals surface area contributed by atoms with Gasteiger partial charge in [0.05, 0.1) is 11.1 Å². The quantitative estimate of drug-likeness (QED) is 0.668. The molecule has 98 valence electrons. The number of hydrogen-bond acceptors (Lipinski definition) is 4. The molecular weight excluding hydrogens is 260 g/mol. The molecule has 0 saturated carbocycles. The van der Waals surface area contributed by atoms with Crippen LogP contribution in [0.4, 0.5) is 0 Å². The average Bonchev–Trinajstić information content (AvgIpc) is 2.89. The van der Waals surface area contributed by atoms with Gasteiger partial charge in [-0.1, -0.05) is 6.07 Å². The van der Waals surface area contributed by atoms with Crippen molar-refractivity contribution in [3.05, 3.63) is 51.2 Å². The second-order valence-electron chi connectivity index (χ2n) is 4.18. The van der Waals surface area contributed by atoms with Crippen LogP contribution in [0.5, 0.6) is 5.75 Å². The summed E-state index contributed by atoms with van der Waals surface area (Å²) in [7, 11) is 0. The van der Waals surface area contributed by atoms with Crippen molar-refractivity contribution in [3.8, 4) is 5.75 Å². The van der Waals surface area contributed by atoms with Gasteiger partial charge >= 0.3 is 0 Å². The van der Waals surface area contributed by atoms with Gasteiger partial charge in [-0.2, -0.15) is 5.10 Å². The van der Waals surface area contributed by atoms with Gasteiger partial charge in [0.2, 0.25) is 0 Å². The summed E-state index contributed by atoms with van der Waals surface area (Å²) in [5.74, 6) is 0.0678. The fourth-order valence-electron chi connectivity index (χ4n) is 1.69. The number of aromatic hydroxyl groups is 1. The molecule has 0 unspecified atom stereocenters. The number of carbonyl (C=O) groups is 1. The van der Waals surface area contributed by atoms with E-state index in [1.165, 1.54) is 11.3 Å². The molecule has 4 nitrogen and oxygen atoms in total. The molecule has 0 radical (unpaired) electrons. The third-order valence-corrected chi connectivity index (χ3v) is 3.51. The van der Waals surface area contributed by atoms with E-state index in [0.29, 0.717) is 10.6 Å². The smallest absolute Gasteiger partial charge is 0.281 e. The minimum atomic E-state index is -0.224.